The van der Waals surface area contributed by atoms with Crippen molar-refractivity contribution in [3.63, 3.8) is 0 Å². The Morgan fingerprint density at radius 2 is 1.96 bits per heavy atom. The lowest BCUT2D eigenvalue weighted by Crippen LogP contribution is -2.48. The molecule has 1 amide bonds. The zero-order valence-electron chi connectivity index (χ0n) is 14.7. The molecule has 0 radical (unpaired) electrons. The van der Waals surface area contributed by atoms with E-state index in [4.69, 9.17) is 0 Å². The number of piperidine rings is 1. The highest BCUT2D eigenvalue weighted by atomic mass is 16.3. The Morgan fingerprint density at radius 1 is 1.29 bits per heavy atom. The molecule has 2 aliphatic rings. The highest BCUT2D eigenvalue weighted by Gasteiger charge is 2.37. The average molecular weight is 330 g/mol. The molecule has 2 fully saturated rings. The minimum absolute atomic E-state index is 0.109. The molecule has 1 saturated carbocycles. The maximum atomic E-state index is 13.0. The van der Waals surface area contributed by atoms with Gasteiger partial charge in [0.1, 0.15) is 6.04 Å². The predicted molar refractivity (Wildman–Crippen MR) is 95.6 cm³/mol. The van der Waals surface area contributed by atoms with E-state index in [-0.39, 0.29) is 18.1 Å². The number of benzene rings is 1. The van der Waals surface area contributed by atoms with Crippen molar-refractivity contribution in [2.75, 3.05) is 19.6 Å². The fourth-order valence-electron chi connectivity index (χ4n) is 4.01. The van der Waals surface area contributed by atoms with Crippen molar-refractivity contribution in [2.24, 2.45) is 5.41 Å². The van der Waals surface area contributed by atoms with Crippen LogP contribution >= 0.6 is 0 Å². The minimum Gasteiger partial charge on any atom is -0.393 e. The number of carbonyl (C=O) groups excluding carboxylic acids is 1. The van der Waals surface area contributed by atoms with Crippen LogP contribution in [0, 0.1) is 5.41 Å². The molecule has 1 saturated heterocycles. The Kier molecular flexibility index (Phi) is 5.57. The van der Waals surface area contributed by atoms with Crippen LogP contribution in [-0.4, -0.2) is 41.7 Å². The van der Waals surface area contributed by atoms with Crippen LogP contribution in [0.3, 0.4) is 0 Å². The number of rotatable bonds is 6. The molecular weight excluding hydrogens is 300 g/mol. The van der Waals surface area contributed by atoms with Crippen molar-refractivity contribution >= 4 is 5.91 Å². The van der Waals surface area contributed by atoms with Gasteiger partial charge in [0.05, 0.1) is 6.10 Å². The molecule has 0 aromatic heterocycles. The molecule has 132 valence electrons. The van der Waals surface area contributed by atoms with Gasteiger partial charge in [-0.3, -0.25) is 9.69 Å². The molecule has 1 aromatic rings. The largest absolute Gasteiger partial charge is 0.393 e. The number of aliphatic hydroxyl groups is 1. The number of hydrogen-bond donors (Lipinski definition) is 2. The van der Waals surface area contributed by atoms with Crippen molar-refractivity contribution < 1.29 is 9.90 Å². The third kappa shape index (κ3) is 3.81. The lowest BCUT2D eigenvalue weighted by molar-refractivity contribution is -0.128. The maximum Gasteiger partial charge on any atom is 0.241 e. The van der Waals surface area contributed by atoms with Crippen LogP contribution in [0.4, 0.5) is 0 Å². The Morgan fingerprint density at radius 3 is 2.50 bits per heavy atom. The minimum atomic E-state index is -0.243. The molecule has 1 aromatic carbocycles. The average Bonchev–Trinajstić information content (AvgIpc) is 2.57. The summed E-state index contributed by atoms with van der Waals surface area (Å²) in [5, 5.41) is 13.0. The zero-order valence-corrected chi connectivity index (χ0v) is 14.7. The molecule has 1 aliphatic carbocycles. The number of aliphatic hydroxyl groups excluding tert-OH is 1. The van der Waals surface area contributed by atoms with Gasteiger partial charge in [0.2, 0.25) is 5.91 Å². The second-order valence-corrected chi connectivity index (χ2v) is 7.51. The first kappa shape index (κ1) is 17.4. The molecule has 0 spiro atoms. The highest BCUT2D eigenvalue weighted by molar-refractivity contribution is 5.83. The summed E-state index contributed by atoms with van der Waals surface area (Å²) in [4.78, 5) is 15.2. The summed E-state index contributed by atoms with van der Waals surface area (Å²) in [5.41, 5.74) is 1.38. The molecule has 2 N–H and O–H groups in total. The molecule has 3 rings (SSSR count). The van der Waals surface area contributed by atoms with E-state index in [9.17, 15) is 9.90 Å². The Balaban J connectivity index is 1.70. The number of nitrogens with one attached hydrogen (secondary N) is 1. The third-order valence-electron chi connectivity index (χ3n) is 6.03. The van der Waals surface area contributed by atoms with Gasteiger partial charge in [-0.2, -0.15) is 0 Å². The fraction of sp³-hybridized carbons (Fsp3) is 0.650. The van der Waals surface area contributed by atoms with Crippen LogP contribution in [0.2, 0.25) is 0 Å². The van der Waals surface area contributed by atoms with Crippen molar-refractivity contribution in [2.45, 2.75) is 57.6 Å². The van der Waals surface area contributed by atoms with Crippen LogP contribution in [0.5, 0.6) is 0 Å². The van der Waals surface area contributed by atoms with Crippen molar-refractivity contribution in [1.82, 2.24) is 10.2 Å². The van der Waals surface area contributed by atoms with Crippen LogP contribution in [0.15, 0.2) is 30.3 Å². The molecule has 1 heterocycles. The van der Waals surface area contributed by atoms with Crippen molar-refractivity contribution in [3.05, 3.63) is 35.9 Å². The van der Waals surface area contributed by atoms with Crippen molar-refractivity contribution in [1.29, 1.82) is 0 Å². The molecule has 1 unspecified atom stereocenters. The number of nitrogens with zero attached hydrogens (tertiary/aromatic N) is 1. The van der Waals surface area contributed by atoms with Gasteiger partial charge in [-0.05, 0) is 43.1 Å². The molecule has 24 heavy (non-hydrogen) atoms. The maximum absolute atomic E-state index is 13.0. The van der Waals surface area contributed by atoms with Gasteiger partial charge < -0.3 is 10.4 Å². The zero-order chi connectivity index (χ0) is 17.0. The molecular formula is C20H30N2O2. The monoisotopic (exact) mass is 330 g/mol. The van der Waals surface area contributed by atoms with Gasteiger partial charge in [0.25, 0.3) is 0 Å². The summed E-state index contributed by atoms with van der Waals surface area (Å²) in [6.45, 7) is 4.56. The van der Waals surface area contributed by atoms with Gasteiger partial charge in [0.15, 0.2) is 0 Å². The first-order valence-corrected chi connectivity index (χ1v) is 9.38. The van der Waals surface area contributed by atoms with E-state index in [1.807, 2.05) is 30.3 Å². The van der Waals surface area contributed by atoms with Gasteiger partial charge >= 0.3 is 0 Å². The molecule has 0 bridgehead atoms. The van der Waals surface area contributed by atoms with Crippen LogP contribution in [-0.2, 0) is 4.79 Å². The van der Waals surface area contributed by atoms with E-state index in [2.05, 4.69) is 17.1 Å². The van der Waals surface area contributed by atoms with Gasteiger partial charge in [-0.1, -0.05) is 43.7 Å². The third-order valence-corrected chi connectivity index (χ3v) is 6.03. The van der Waals surface area contributed by atoms with Gasteiger partial charge in [-0.25, -0.2) is 0 Å². The molecule has 4 heteroatoms. The predicted octanol–water partition coefficient (Wildman–Crippen LogP) is 2.88. The normalized spacial score (nSPS) is 22.6. The van der Waals surface area contributed by atoms with E-state index in [0.717, 1.165) is 44.5 Å². The Hall–Kier alpha value is -1.39. The molecule has 1 aliphatic heterocycles. The van der Waals surface area contributed by atoms with Crippen LogP contribution < -0.4 is 5.32 Å². The van der Waals surface area contributed by atoms with Gasteiger partial charge in [-0.15, -0.1) is 0 Å². The van der Waals surface area contributed by atoms with E-state index in [1.165, 1.54) is 19.3 Å². The number of carbonyl (C=O) groups is 1. The summed E-state index contributed by atoms with van der Waals surface area (Å²) in [7, 11) is 0. The topological polar surface area (TPSA) is 52.6 Å². The van der Waals surface area contributed by atoms with E-state index in [1.54, 1.807) is 0 Å². The summed E-state index contributed by atoms with van der Waals surface area (Å²) >= 11 is 0. The van der Waals surface area contributed by atoms with E-state index < -0.39 is 0 Å². The lowest BCUT2D eigenvalue weighted by atomic mass is 9.67. The second-order valence-electron chi connectivity index (χ2n) is 7.51. The van der Waals surface area contributed by atoms with Crippen LogP contribution in [0.1, 0.15) is 57.1 Å². The number of amides is 1. The smallest absolute Gasteiger partial charge is 0.241 e. The second kappa shape index (κ2) is 7.66. The summed E-state index contributed by atoms with van der Waals surface area (Å²) < 4.78 is 0. The number of hydrogen-bond acceptors (Lipinski definition) is 3. The van der Waals surface area contributed by atoms with Crippen LogP contribution in [0.25, 0.3) is 0 Å². The van der Waals surface area contributed by atoms with E-state index in [0.29, 0.717) is 5.41 Å². The summed E-state index contributed by atoms with van der Waals surface area (Å²) in [5.74, 6) is 0.109. The lowest BCUT2D eigenvalue weighted by Gasteiger charge is -2.42. The Labute approximate surface area is 145 Å². The first-order chi connectivity index (χ1) is 11.6. The SMILES string of the molecule is CCC1(CNC(=O)C(c2ccccc2)N2CCC(O)CC2)CCC1. The standard InChI is InChI=1S/C20H30N2O2/c1-2-20(11-6-12-20)15-21-19(24)18(16-7-4-3-5-8-16)22-13-9-17(23)10-14-22/h3-5,7-8,17-18,23H,2,6,9-15H2,1H3,(H,21,24). The summed E-state index contributed by atoms with van der Waals surface area (Å²) in [6.07, 6.45) is 6.16. The summed E-state index contributed by atoms with van der Waals surface area (Å²) in [6, 6.07) is 9.80. The first-order valence-electron chi connectivity index (χ1n) is 9.38. The molecule has 1 atom stereocenters. The Bertz CT molecular complexity index is 528. The van der Waals surface area contributed by atoms with Gasteiger partial charge in [0, 0.05) is 19.6 Å². The fourth-order valence-corrected chi connectivity index (χ4v) is 4.01. The number of likely N-dealkylation sites (tertiary alicyclic amines) is 1. The van der Waals surface area contributed by atoms with Crippen molar-refractivity contribution in [3.8, 4) is 0 Å². The molecule has 4 nitrogen and oxygen atoms in total. The highest BCUT2D eigenvalue weighted by Crippen LogP contribution is 2.43. The van der Waals surface area contributed by atoms with E-state index >= 15 is 0 Å². The quantitative estimate of drug-likeness (QED) is 0.843.